The third-order valence-corrected chi connectivity index (χ3v) is 5.53. The van der Waals surface area contributed by atoms with Crippen LogP contribution in [0.2, 0.25) is 0 Å². The molecule has 0 aromatic heterocycles. The van der Waals surface area contributed by atoms with E-state index < -0.39 is 0 Å². The van der Waals surface area contributed by atoms with Gasteiger partial charge in [0.2, 0.25) is 0 Å². The third-order valence-electron chi connectivity index (χ3n) is 5.53. The highest BCUT2D eigenvalue weighted by atomic mass is 14.5. The van der Waals surface area contributed by atoms with Crippen molar-refractivity contribution in [3.8, 4) is 0 Å². The van der Waals surface area contributed by atoms with Crippen molar-refractivity contribution in [2.75, 3.05) is 0 Å². The lowest BCUT2D eigenvalue weighted by molar-refractivity contribution is 0.0712. The first kappa shape index (κ1) is 12.2. The van der Waals surface area contributed by atoms with Crippen LogP contribution in [-0.4, -0.2) is 0 Å². The second-order valence-electron chi connectivity index (χ2n) is 6.25. The average molecular weight is 220 g/mol. The fourth-order valence-electron chi connectivity index (χ4n) is 4.45. The summed E-state index contributed by atoms with van der Waals surface area (Å²) < 4.78 is 0. The number of hydrogen-bond acceptors (Lipinski definition) is 0. The van der Waals surface area contributed by atoms with E-state index in [4.69, 9.17) is 0 Å². The van der Waals surface area contributed by atoms with Gasteiger partial charge < -0.3 is 0 Å². The zero-order valence-electron chi connectivity index (χ0n) is 11.3. The largest absolute Gasteiger partial charge is 0.0996 e. The summed E-state index contributed by atoms with van der Waals surface area (Å²) in [6.45, 7) is 11.6. The Morgan fingerprint density at radius 3 is 2.56 bits per heavy atom. The molecule has 16 heavy (non-hydrogen) atoms. The Morgan fingerprint density at radius 2 is 1.94 bits per heavy atom. The molecular formula is C16H28. The van der Waals surface area contributed by atoms with Gasteiger partial charge in [0.05, 0.1) is 0 Å². The van der Waals surface area contributed by atoms with E-state index in [1.165, 1.54) is 38.5 Å². The summed E-state index contributed by atoms with van der Waals surface area (Å²) in [5.41, 5.74) is 1.56. The first-order chi connectivity index (χ1) is 7.67. The van der Waals surface area contributed by atoms with E-state index in [0.29, 0.717) is 0 Å². The SMILES string of the molecule is C=C1CC2CCC(CC)CC2[C@@H](C)C1CC. The van der Waals surface area contributed by atoms with Gasteiger partial charge in [0.25, 0.3) is 0 Å². The van der Waals surface area contributed by atoms with Crippen molar-refractivity contribution in [1.29, 1.82) is 0 Å². The molecule has 5 atom stereocenters. The van der Waals surface area contributed by atoms with Crippen LogP contribution in [0.4, 0.5) is 0 Å². The highest BCUT2D eigenvalue weighted by Crippen LogP contribution is 2.50. The topological polar surface area (TPSA) is 0 Å². The molecule has 2 aliphatic carbocycles. The minimum Gasteiger partial charge on any atom is -0.0996 e. The van der Waals surface area contributed by atoms with Crippen LogP contribution < -0.4 is 0 Å². The molecule has 2 fully saturated rings. The molecular weight excluding hydrogens is 192 g/mol. The van der Waals surface area contributed by atoms with Gasteiger partial charge in [0.15, 0.2) is 0 Å². The normalized spacial score (nSPS) is 44.2. The molecule has 2 aliphatic rings. The number of rotatable bonds is 2. The van der Waals surface area contributed by atoms with E-state index in [1.807, 2.05) is 0 Å². The Balaban J connectivity index is 2.09. The van der Waals surface area contributed by atoms with E-state index in [0.717, 1.165) is 29.6 Å². The van der Waals surface area contributed by atoms with Gasteiger partial charge >= 0.3 is 0 Å². The lowest BCUT2D eigenvalue weighted by Crippen LogP contribution is -2.38. The molecule has 0 amide bonds. The first-order valence-electron chi connectivity index (χ1n) is 7.35. The minimum atomic E-state index is 0.817. The predicted molar refractivity (Wildman–Crippen MR) is 71.3 cm³/mol. The standard InChI is InChI=1S/C16H28/c1-5-13-7-8-14-9-11(3)15(6-2)12(4)16(14)10-13/h12-16H,3,5-10H2,1-2,4H3/t12-,13?,14?,15?,16?/m0/s1. The van der Waals surface area contributed by atoms with Crippen molar-refractivity contribution >= 4 is 0 Å². The molecule has 0 heterocycles. The summed E-state index contributed by atoms with van der Waals surface area (Å²) >= 11 is 0. The molecule has 0 heteroatoms. The molecule has 0 bridgehead atoms. The van der Waals surface area contributed by atoms with Gasteiger partial charge in [0.1, 0.15) is 0 Å². The highest BCUT2D eigenvalue weighted by Gasteiger charge is 2.40. The summed E-state index contributed by atoms with van der Waals surface area (Å²) in [7, 11) is 0. The monoisotopic (exact) mass is 220 g/mol. The predicted octanol–water partition coefficient (Wildman–Crippen LogP) is 5.05. The zero-order chi connectivity index (χ0) is 11.7. The van der Waals surface area contributed by atoms with Crippen molar-refractivity contribution < 1.29 is 0 Å². The lowest BCUT2D eigenvalue weighted by atomic mass is 9.58. The van der Waals surface area contributed by atoms with Crippen LogP contribution >= 0.6 is 0 Å². The van der Waals surface area contributed by atoms with E-state index in [9.17, 15) is 0 Å². The summed E-state index contributed by atoms with van der Waals surface area (Å²) in [5, 5.41) is 0. The Hall–Kier alpha value is -0.260. The van der Waals surface area contributed by atoms with Gasteiger partial charge in [0, 0.05) is 0 Å². The Morgan fingerprint density at radius 1 is 1.19 bits per heavy atom. The smallest absolute Gasteiger partial charge is 0.0180 e. The van der Waals surface area contributed by atoms with E-state index >= 15 is 0 Å². The van der Waals surface area contributed by atoms with Crippen LogP contribution in [0.1, 0.15) is 59.3 Å². The molecule has 0 aliphatic heterocycles. The van der Waals surface area contributed by atoms with Crippen molar-refractivity contribution in [2.45, 2.75) is 59.3 Å². The van der Waals surface area contributed by atoms with Crippen LogP contribution in [0.5, 0.6) is 0 Å². The molecule has 0 saturated heterocycles. The summed E-state index contributed by atoms with van der Waals surface area (Å²) in [6.07, 6.45) is 8.50. The van der Waals surface area contributed by atoms with Crippen LogP contribution in [0.15, 0.2) is 12.2 Å². The van der Waals surface area contributed by atoms with Crippen LogP contribution in [0.3, 0.4) is 0 Å². The molecule has 0 N–H and O–H groups in total. The molecule has 0 spiro atoms. The van der Waals surface area contributed by atoms with Crippen molar-refractivity contribution in [1.82, 2.24) is 0 Å². The first-order valence-corrected chi connectivity index (χ1v) is 7.35. The van der Waals surface area contributed by atoms with Gasteiger partial charge in [-0.1, -0.05) is 45.8 Å². The summed E-state index contributed by atoms with van der Waals surface area (Å²) in [6, 6.07) is 0. The molecule has 92 valence electrons. The molecule has 2 rings (SSSR count). The van der Waals surface area contributed by atoms with E-state index in [2.05, 4.69) is 27.4 Å². The Labute approximate surface area is 102 Å². The van der Waals surface area contributed by atoms with Crippen LogP contribution in [0.25, 0.3) is 0 Å². The van der Waals surface area contributed by atoms with Crippen LogP contribution in [-0.2, 0) is 0 Å². The van der Waals surface area contributed by atoms with E-state index in [1.54, 1.807) is 5.57 Å². The number of fused-ring (bicyclic) bond motifs is 1. The summed E-state index contributed by atoms with van der Waals surface area (Å²) in [5.74, 6) is 4.72. The molecule has 0 aromatic carbocycles. The molecule has 0 nitrogen and oxygen atoms in total. The molecule has 0 aromatic rings. The van der Waals surface area contributed by atoms with Crippen molar-refractivity contribution in [2.24, 2.45) is 29.6 Å². The van der Waals surface area contributed by atoms with E-state index in [-0.39, 0.29) is 0 Å². The average Bonchev–Trinajstić information content (AvgIpc) is 2.29. The van der Waals surface area contributed by atoms with Gasteiger partial charge in [-0.3, -0.25) is 0 Å². The fourth-order valence-corrected chi connectivity index (χ4v) is 4.45. The summed E-state index contributed by atoms with van der Waals surface area (Å²) in [4.78, 5) is 0. The number of hydrogen-bond donors (Lipinski definition) is 0. The van der Waals surface area contributed by atoms with Gasteiger partial charge in [-0.25, -0.2) is 0 Å². The van der Waals surface area contributed by atoms with Crippen LogP contribution in [0, 0.1) is 29.6 Å². The highest BCUT2D eigenvalue weighted by molar-refractivity contribution is 5.10. The Bertz CT molecular complexity index is 253. The quantitative estimate of drug-likeness (QED) is 0.571. The third kappa shape index (κ3) is 2.08. The lowest BCUT2D eigenvalue weighted by Gasteiger charge is -2.47. The second-order valence-corrected chi connectivity index (χ2v) is 6.25. The van der Waals surface area contributed by atoms with Gasteiger partial charge in [-0.05, 0) is 55.3 Å². The van der Waals surface area contributed by atoms with Gasteiger partial charge in [-0.2, -0.15) is 0 Å². The van der Waals surface area contributed by atoms with Crippen molar-refractivity contribution in [3.63, 3.8) is 0 Å². The van der Waals surface area contributed by atoms with Crippen molar-refractivity contribution in [3.05, 3.63) is 12.2 Å². The fraction of sp³-hybridized carbons (Fsp3) is 0.875. The maximum Gasteiger partial charge on any atom is -0.0180 e. The molecule has 0 radical (unpaired) electrons. The maximum absolute atomic E-state index is 4.35. The molecule has 2 saturated carbocycles. The minimum absolute atomic E-state index is 0.817. The maximum atomic E-state index is 4.35. The molecule has 4 unspecified atom stereocenters. The Kier molecular flexibility index (Phi) is 3.77. The number of allylic oxidation sites excluding steroid dienone is 1. The zero-order valence-corrected chi connectivity index (χ0v) is 11.3. The second kappa shape index (κ2) is 4.94. The van der Waals surface area contributed by atoms with Gasteiger partial charge in [-0.15, -0.1) is 0 Å².